The summed E-state index contributed by atoms with van der Waals surface area (Å²) >= 11 is 0. The highest BCUT2D eigenvalue weighted by Gasteiger charge is 2.39. The fourth-order valence-corrected chi connectivity index (χ4v) is 2.08. The number of nitrogens with zero attached hydrogens (tertiary/aromatic N) is 1. The van der Waals surface area contributed by atoms with Crippen LogP contribution in [0.25, 0.3) is 10.9 Å². The van der Waals surface area contributed by atoms with Gasteiger partial charge < -0.3 is 10.1 Å². The molecule has 21 heavy (non-hydrogen) atoms. The molecule has 2 rings (SSSR count). The molecule has 0 bridgehead atoms. The molecule has 1 aromatic heterocycles. The minimum atomic E-state index is -5.03. The number of amides is 1. The summed E-state index contributed by atoms with van der Waals surface area (Å²) in [6.07, 6.45) is -4.39. The lowest BCUT2D eigenvalue weighted by molar-refractivity contribution is -0.169. The van der Waals surface area contributed by atoms with E-state index in [2.05, 4.69) is 9.98 Å². The summed E-state index contributed by atoms with van der Waals surface area (Å²) in [7, 11) is 0. The Labute approximate surface area is 118 Å². The van der Waals surface area contributed by atoms with Crippen LogP contribution < -0.4 is 0 Å². The number of aromatic nitrogens is 1. The molecular formula is C14H13F3N2O2. The molecule has 0 aliphatic carbocycles. The summed E-state index contributed by atoms with van der Waals surface area (Å²) in [6, 6.07) is 6.73. The molecule has 0 spiro atoms. The van der Waals surface area contributed by atoms with E-state index >= 15 is 0 Å². The van der Waals surface area contributed by atoms with Crippen LogP contribution in [-0.4, -0.2) is 27.9 Å². The molecule has 0 aliphatic rings. The lowest BCUT2D eigenvalue weighted by Crippen LogP contribution is -2.22. The van der Waals surface area contributed by atoms with Crippen LogP contribution in [0.4, 0.5) is 13.2 Å². The number of rotatable bonds is 3. The molecule has 2 N–H and O–H groups in total. The molecule has 0 saturated heterocycles. The lowest BCUT2D eigenvalue weighted by Gasteiger charge is -2.06. The van der Waals surface area contributed by atoms with E-state index in [1.54, 1.807) is 31.2 Å². The smallest absolute Gasteiger partial charge is 0.473 e. The van der Waals surface area contributed by atoms with E-state index in [0.717, 1.165) is 0 Å². The van der Waals surface area contributed by atoms with Crippen molar-refractivity contribution >= 4 is 22.5 Å². The number of benzene rings is 1. The summed E-state index contributed by atoms with van der Waals surface area (Å²) in [5.74, 6) is -2.46. The van der Waals surface area contributed by atoms with Crippen molar-refractivity contribution in [3.05, 3.63) is 29.8 Å². The average molecular weight is 298 g/mol. The van der Waals surface area contributed by atoms with Gasteiger partial charge in [-0.1, -0.05) is 31.5 Å². The van der Waals surface area contributed by atoms with E-state index in [0.29, 0.717) is 17.3 Å². The lowest BCUT2D eigenvalue weighted by atomic mass is 10.0. The van der Waals surface area contributed by atoms with Crippen molar-refractivity contribution in [1.29, 1.82) is 0 Å². The first-order chi connectivity index (χ1) is 9.84. The van der Waals surface area contributed by atoms with Gasteiger partial charge in [0.2, 0.25) is 0 Å². The van der Waals surface area contributed by atoms with E-state index in [1.807, 2.05) is 0 Å². The van der Waals surface area contributed by atoms with Gasteiger partial charge in [-0.05, 0) is 12.5 Å². The molecule has 0 fully saturated rings. The molecule has 0 aliphatic heterocycles. The number of carbonyl (C=O) groups is 1. The molecule has 1 amide bonds. The molecule has 112 valence electrons. The number of fused-ring (bicyclic) bond motifs is 1. The second-order valence-electron chi connectivity index (χ2n) is 4.51. The number of alkyl halides is 3. The predicted molar refractivity (Wildman–Crippen MR) is 72.5 cm³/mol. The van der Waals surface area contributed by atoms with E-state index in [9.17, 15) is 23.1 Å². The Morgan fingerprint density at radius 2 is 2.00 bits per heavy atom. The summed E-state index contributed by atoms with van der Waals surface area (Å²) in [6.45, 7) is 1.75. The number of nitrogens with one attached hydrogen (secondary N) is 1. The third-order valence-corrected chi connectivity index (χ3v) is 2.94. The maximum absolute atomic E-state index is 12.4. The molecule has 4 nitrogen and oxygen atoms in total. The maximum atomic E-state index is 12.4. The molecule has 0 saturated carbocycles. The normalized spacial score (nSPS) is 12.9. The molecule has 0 unspecified atom stereocenters. The molecule has 7 heteroatoms. The number of hydrogen-bond donors (Lipinski definition) is 2. The fourth-order valence-electron chi connectivity index (χ4n) is 2.08. The topological polar surface area (TPSA) is 65.4 Å². The molecule has 1 aromatic carbocycles. The third kappa shape index (κ3) is 3.07. The van der Waals surface area contributed by atoms with Crippen LogP contribution in [0.3, 0.4) is 0 Å². The molecule has 0 radical (unpaired) electrons. The van der Waals surface area contributed by atoms with Crippen LogP contribution in [0.1, 0.15) is 25.3 Å². The maximum Gasteiger partial charge on any atom is 0.473 e. The van der Waals surface area contributed by atoms with Crippen molar-refractivity contribution in [3.8, 4) is 5.88 Å². The summed E-state index contributed by atoms with van der Waals surface area (Å²) in [4.78, 5) is 16.9. The van der Waals surface area contributed by atoms with Crippen molar-refractivity contribution in [3.63, 3.8) is 0 Å². The number of halogens is 3. The third-order valence-electron chi connectivity index (χ3n) is 2.94. The van der Waals surface area contributed by atoms with Gasteiger partial charge in [0.1, 0.15) is 0 Å². The largest absolute Gasteiger partial charge is 0.494 e. The van der Waals surface area contributed by atoms with Gasteiger partial charge in [0.25, 0.3) is 0 Å². The van der Waals surface area contributed by atoms with Crippen molar-refractivity contribution in [1.82, 2.24) is 4.98 Å². The fraction of sp³-hybridized carbons (Fsp3) is 0.286. The molecule has 1 heterocycles. The van der Waals surface area contributed by atoms with E-state index in [1.165, 1.54) is 0 Å². The predicted octanol–water partition coefficient (Wildman–Crippen LogP) is 3.55. The highest BCUT2D eigenvalue weighted by atomic mass is 19.4. The van der Waals surface area contributed by atoms with Gasteiger partial charge in [0.05, 0.1) is 11.3 Å². The average Bonchev–Trinajstić information content (AvgIpc) is 2.72. The number of H-pyrrole nitrogens is 1. The van der Waals surface area contributed by atoms with Gasteiger partial charge in [0, 0.05) is 10.9 Å². The zero-order valence-corrected chi connectivity index (χ0v) is 11.2. The van der Waals surface area contributed by atoms with Crippen molar-refractivity contribution in [2.24, 2.45) is 4.99 Å². The van der Waals surface area contributed by atoms with Crippen LogP contribution in [0.15, 0.2) is 29.3 Å². The number of carbonyl (C=O) groups excluding carboxylic acids is 1. The van der Waals surface area contributed by atoms with E-state index < -0.39 is 12.1 Å². The van der Waals surface area contributed by atoms with Crippen LogP contribution in [0.5, 0.6) is 5.88 Å². The van der Waals surface area contributed by atoms with Crippen LogP contribution >= 0.6 is 0 Å². The minimum Gasteiger partial charge on any atom is -0.494 e. The summed E-state index contributed by atoms with van der Waals surface area (Å²) in [5, 5.41) is 10.4. The zero-order valence-electron chi connectivity index (χ0n) is 11.2. The highest BCUT2D eigenvalue weighted by Crippen LogP contribution is 2.29. The number of aromatic hydroxyl groups is 1. The van der Waals surface area contributed by atoms with E-state index in [-0.39, 0.29) is 23.6 Å². The Hall–Kier alpha value is -2.31. The summed E-state index contributed by atoms with van der Waals surface area (Å²) < 4.78 is 37.1. The minimum absolute atomic E-state index is 0.0743. The van der Waals surface area contributed by atoms with Gasteiger partial charge in [0.15, 0.2) is 5.88 Å². The Kier molecular flexibility index (Phi) is 4.02. The zero-order chi connectivity index (χ0) is 15.6. The first-order valence-electron chi connectivity index (χ1n) is 6.33. The molecule has 2 aromatic rings. The van der Waals surface area contributed by atoms with Gasteiger partial charge in [-0.2, -0.15) is 13.2 Å². The quantitative estimate of drug-likeness (QED) is 0.851. The van der Waals surface area contributed by atoms with Crippen molar-refractivity contribution in [2.75, 3.05) is 0 Å². The Balaban J connectivity index is 2.58. The van der Waals surface area contributed by atoms with Crippen molar-refractivity contribution < 1.29 is 23.1 Å². The van der Waals surface area contributed by atoms with Gasteiger partial charge in [-0.15, -0.1) is 0 Å². The van der Waals surface area contributed by atoms with Crippen molar-refractivity contribution in [2.45, 2.75) is 25.9 Å². The first-order valence-corrected chi connectivity index (χ1v) is 6.33. The van der Waals surface area contributed by atoms with Crippen LogP contribution in [-0.2, 0) is 4.79 Å². The van der Waals surface area contributed by atoms with Gasteiger partial charge >= 0.3 is 12.1 Å². The highest BCUT2D eigenvalue weighted by molar-refractivity contribution is 6.16. The molecular weight excluding hydrogens is 285 g/mol. The summed E-state index contributed by atoms with van der Waals surface area (Å²) in [5.41, 5.74) is 0.632. The number of aromatic amines is 1. The second kappa shape index (κ2) is 5.59. The molecule has 0 atom stereocenters. The monoisotopic (exact) mass is 298 g/mol. The Morgan fingerprint density at radius 3 is 2.62 bits per heavy atom. The first kappa shape index (κ1) is 15.1. The SMILES string of the molecule is CCCC(=NC(=O)C(F)(F)F)c1c(O)[nH]c2ccccc12. The Bertz CT molecular complexity index is 702. The van der Waals surface area contributed by atoms with Gasteiger partial charge in [-0.25, -0.2) is 4.99 Å². The number of aliphatic imine (C=N–C) groups is 1. The van der Waals surface area contributed by atoms with E-state index in [4.69, 9.17) is 0 Å². The Morgan fingerprint density at radius 1 is 1.33 bits per heavy atom. The van der Waals surface area contributed by atoms with Gasteiger partial charge in [-0.3, -0.25) is 4.79 Å². The number of para-hydroxylation sites is 1. The number of hydrogen-bond acceptors (Lipinski definition) is 2. The van der Waals surface area contributed by atoms with Crippen LogP contribution in [0.2, 0.25) is 0 Å². The standard InChI is InChI=1S/C14H13F3N2O2/c1-2-5-10(19-13(21)14(15,16)17)11-8-6-3-4-7-9(8)18-12(11)20/h3-4,6-7,18,20H,2,5H2,1H3. The van der Waals surface area contributed by atoms with Crippen LogP contribution in [0, 0.1) is 0 Å². The second-order valence-corrected chi connectivity index (χ2v) is 4.51.